The second kappa shape index (κ2) is 6.30. The van der Waals surface area contributed by atoms with Crippen LogP contribution in [0.15, 0.2) is 0 Å². The molecular weight excluding hydrogens is 252 g/mol. The van der Waals surface area contributed by atoms with Crippen molar-refractivity contribution in [3.8, 4) is 0 Å². The second-order valence-electron chi connectivity index (χ2n) is 7.58. The van der Waals surface area contributed by atoms with Gasteiger partial charge in [-0.3, -0.25) is 4.90 Å². The highest BCUT2D eigenvalue weighted by Gasteiger charge is 2.39. The minimum Gasteiger partial charge on any atom is -0.381 e. The summed E-state index contributed by atoms with van der Waals surface area (Å²) in [6, 6.07) is 0.600. The van der Waals surface area contributed by atoms with Crippen molar-refractivity contribution in [2.75, 3.05) is 39.4 Å². The molecule has 1 N–H and O–H groups in total. The summed E-state index contributed by atoms with van der Waals surface area (Å²) in [5.41, 5.74) is -0.129. The van der Waals surface area contributed by atoms with Crippen molar-refractivity contribution in [2.24, 2.45) is 5.92 Å². The Morgan fingerprint density at radius 3 is 2.40 bits per heavy atom. The smallest absolute Gasteiger partial charge is 0.0760 e. The van der Waals surface area contributed by atoms with Gasteiger partial charge < -0.3 is 14.8 Å². The van der Waals surface area contributed by atoms with Gasteiger partial charge in [-0.05, 0) is 40.7 Å². The summed E-state index contributed by atoms with van der Waals surface area (Å²) >= 11 is 0. The first-order chi connectivity index (χ1) is 9.31. The molecule has 0 radical (unpaired) electrons. The number of nitrogens with zero attached hydrogens (tertiary/aromatic N) is 1. The lowest BCUT2D eigenvalue weighted by atomic mass is 9.92. The Bertz CT molecular complexity index is 300. The molecule has 2 aliphatic heterocycles. The number of nitrogens with one attached hydrogen (secondary N) is 1. The minimum absolute atomic E-state index is 0.0645. The third-order valence-corrected chi connectivity index (χ3v) is 4.19. The van der Waals surface area contributed by atoms with E-state index in [2.05, 4.69) is 44.8 Å². The topological polar surface area (TPSA) is 33.7 Å². The van der Waals surface area contributed by atoms with Crippen LogP contribution in [0.4, 0.5) is 0 Å². The molecule has 2 heterocycles. The van der Waals surface area contributed by atoms with Crippen LogP contribution in [0.3, 0.4) is 0 Å². The van der Waals surface area contributed by atoms with Gasteiger partial charge in [0.15, 0.2) is 0 Å². The van der Waals surface area contributed by atoms with E-state index < -0.39 is 0 Å². The third-order valence-electron chi connectivity index (χ3n) is 4.19. The fourth-order valence-electron chi connectivity index (χ4n) is 3.91. The standard InChI is InChI=1S/C16H32N2O2/c1-6-17-14-7-8-19-10-13(14)9-18-11-15(2,3)20-16(4,5)12-18/h13-14,17H,6-12H2,1-5H3. The molecule has 118 valence electrons. The number of rotatable bonds is 4. The number of hydrogen-bond acceptors (Lipinski definition) is 4. The van der Waals surface area contributed by atoms with Crippen LogP contribution < -0.4 is 5.32 Å². The van der Waals surface area contributed by atoms with Crippen molar-refractivity contribution in [3.63, 3.8) is 0 Å². The molecule has 0 aromatic rings. The largest absolute Gasteiger partial charge is 0.381 e. The van der Waals surface area contributed by atoms with Crippen LogP contribution in [0.2, 0.25) is 0 Å². The first-order valence-corrected chi connectivity index (χ1v) is 8.05. The van der Waals surface area contributed by atoms with E-state index in [1.165, 1.54) is 0 Å². The maximum absolute atomic E-state index is 6.17. The molecule has 4 heteroatoms. The highest BCUT2D eigenvalue weighted by atomic mass is 16.5. The first-order valence-electron chi connectivity index (χ1n) is 8.05. The summed E-state index contributed by atoms with van der Waals surface area (Å²) in [6.07, 6.45) is 1.13. The Balaban J connectivity index is 1.96. The van der Waals surface area contributed by atoms with Crippen LogP contribution in [-0.4, -0.2) is 61.5 Å². The molecule has 2 unspecified atom stereocenters. The third kappa shape index (κ3) is 4.42. The lowest BCUT2D eigenvalue weighted by Crippen LogP contribution is -2.59. The van der Waals surface area contributed by atoms with E-state index in [-0.39, 0.29) is 11.2 Å². The molecule has 2 saturated heterocycles. The van der Waals surface area contributed by atoms with Crippen LogP contribution in [0, 0.1) is 5.92 Å². The summed E-state index contributed by atoms with van der Waals surface area (Å²) in [5, 5.41) is 3.63. The summed E-state index contributed by atoms with van der Waals surface area (Å²) < 4.78 is 11.9. The van der Waals surface area contributed by atoms with Crippen molar-refractivity contribution in [1.29, 1.82) is 0 Å². The number of ether oxygens (including phenoxy) is 2. The molecule has 0 aliphatic carbocycles. The number of hydrogen-bond donors (Lipinski definition) is 1. The highest BCUT2D eigenvalue weighted by Crippen LogP contribution is 2.29. The summed E-state index contributed by atoms with van der Waals surface area (Å²) in [4.78, 5) is 2.56. The van der Waals surface area contributed by atoms with E-state index in [1.54, 1.807) is 0 Å². The van der Waals surface area contributed by atoms with Crippen molar-refractivity contribution < 1.29 is 9.47 Å². The predicted octanol–water partition coefficient (Wildman–Crippen LogP) is 1.89. The maximum Gasteiger partial charge on any atom is 0.0760 e. The molecular formula is C16H32N2O2. The molecule has 2 atom stereocenters. The van der Waals surface area contributed by atoms with Crippen LogP contribution in [-0.2, 0) is 9.47 Å². The average Bonchev–Trinajstić information content (AvgIpc) is 2.27. The van der Waals surface area contributed by atoms with Gasteiger partial charge in [-0.2, -0.15) is 0 Å². The number of morpholine rings is 1. The monoisotopic (exact) mass is 284 g/mol. The lowest BCUT2D eigenvalue weighted by Gasteiger charge is -2.48. The van der Waals surface area contributed by atoms with E-state index in [1.807, 2.05) is 0 Å². The van der Waals surface area contributed by atoms with Crippen molar-refractivity contribution in [3.05, 3.63) is 0 Å². The van der Waals surface area contributed by atoms with Gasteiger partial charge in [-0.15, -0.1) is 0 Å². The Labute approximate surface area is 124 Å². The molecule has 0 bridgehead atoms. The summed E-state index contributed by atoms with van der Waals surface area (Å²) in [5.74, 6) is 0.591. The van der Waals surface area contributed by atoms with Crippen LogP contribution in [0.1, 0.15) is 41.0 Å². The summed E-state index contributed by atoms with van der Waals surface area (Å²) in [7, 11) is 0. The van der Waals surface area contributed by atoms with Crippen molar-refractivity contribution in [1.82, 2.24) is 10.2 Å². The summed E-state index contributed by atoms with van der Waals surface area (Å²) in [6.45, 7) is 16.9. The highest BCUT2D eigenvalue weighted by molar-refractivity contribution is 4.91. The molecule has 2 fully saturated rings. The van der Waals surface area contributed by atoms with E-state index in [0.717, 1.165) is 45.8 Å². The van der Waals surface area contributed by atoms with Gasteiger partial charge in [0.05, 0.1) is 17.8 Å². The molecule has 0 saturated carbocycles. The lowest BCUT2D eigenvalue weighted by molar-refractivity contribution is -0.184. The van der Waals surface area contributed by atoms with E-state index in [9.17, 15) is 0 Å². The molecule has 4 nitrogen and oxygen atoms in total. The Morgan fingerprint density at radius 2 is 1.80 bits per heavy atom. The zero-order valence-corrected chi connectivity index (χ0v) is 13.9. The van der Waals surface area contributed by atoms with Crippen molar-refractivity contribution in [2.45, 2.75) is 58.3 Å². The van der Waals surface area contributed by atoms with Gasteiger partial charge in [0.1, 0.15) is 0 Å². The zero-order valence-electron chi connectivity index (χ0n) is 13.9. The fourth-order valence-corrected chi connectivity index (χ4v) is 3.91. The van der Waals surface area contributed by atoms with E-state index in [0.29, 0.717) is 12.0 Å². The quantitative estimate of drug-likeness (QED) is 0.855. The molecule has 0 aromatic heterocycles. The molecule has 0 aromatic carbocycles. The van der Waals surface area contributed by atoms with Crippen LogP contribution >= 0.6 is 0 Å². The van der Waals surface area contributed by atoms with Gasteiger partial charge in [0.2, 0.25) is 0 Å². The minimum atomic E-state index is -0.0645. The second-order valence-corrected chi connectivity index (χ2v) is 7.58. The molecule has 20 heavy (non-hydrogen) atoms. The molecule has 2 rings (SSSR count). The molecule has 2 aliphatic rings. The van der Waals surface area contributed by atoms with E-state index >= 15 is 0 Å². The van der Waals surface area contributed by atoms with Gasteiger partial charge in [0, 0.05) is 38.2 Å². The van der Waals surface area contributed by atoms with Gasteiger partial charge >= 0.3 is 0 Å². The average molecular weight is 284 g/mol. The maximum atomic E-state index is 6.17. The van der Waals surface area contributed by atoms with Gasteiger partial charge in [0.25, 0.3) is 0 Å². The Morgan fingerprint density at radius 1 is 1.15 bits per heavy atom. The van der Waals surface area contributed by atoms with Crippen LogP contribution in [0.5, 0.6) is 0 Å². The predicted molar refractivity (Wildman–Crippen MR) is 82.1 cm³/mol. The molecule has 0 spiro atoms. The normalized spacial score (nSPS) is 34.0. The van der Waals surface area contributed by atoms with Crippen LogP contribution in [0.25, 0.3) is 0 Å². The van der Waals surface area contributed by atoms with Gasteiger partial charge in [-0.1, -0.05) is 6.92 Å². The Hall–Kier alpha value is -0.160. The zero-order chi connectivity index (χ0) is 14.8. The SMILES string of the molecule is CCNC1CCOCC1CN1CC(C)(C)OC(C)(C)C1. The molecule has 0 amide bonds. The first kappa shape index (κ1) is 16.2. The Kier molecular flexibility index (Phi) is 5.11. The fraction of sp³-hybridized carbons (Fsp3) is 1.00. The van der Waals surface area contributed by atoms with Crippen molar-refractivity contribution >= 4 is 0 Å². The van der Waals surface area contributed by atoms with Gasteiger partial charge in [-0.25, -0.2) is 0 Å². The van der Waals surface area contributed by atoms with E-state index in [4.69, 9.17) is 9.47 Å².